The van der Waals surface area contributed by atoms with E-state index >= 15 is 0 Å². The van der Waals surface area contributed by atoms with E-state index in [1.807, 2.05) is 0 Å². The van der Waals surface area contributed by atoms with Gasteiger partial charge in [-0.25, -0.2) is 0 Å². The lowest BCUT2D eigenvalue weighted by Crippen LogP contribution is -2.32. The Morgan fingerprint density at radius 2 is 2.11 bits per heavy atom. The van der Waals surface area contributed by atoms with Gasteiger partial charge in [-0.15, -0.1) is 0 Å². The predicted octanol–water partition coefficient (Wildman–Crippen LogP) is 4.33. The van der Waals surface area contributed by atoms with Gasteiger partial charge in [-0.05, 0) is 50.8 Å². The van der Waals surface area contributed by atoms with E-state index in [9.17, 15) is 0 Å². The first-order valence-corrected chi connectivity index (χ1v) is 8.23. The molecule has 1 fully saturated rings. The molecule has 0 bridgehead atoms. The first-order valence-electron chi connectivity index (χ1n) is 7.44. The van der Waals surface area contributed by atoms with Crippen molar-refractivity contribution >= 4 is 21.6 Å². The monoisotopic (exact) mass is 324 g/mol. The molecule has 0 heterocycles. The van der Waals surface area contributed by atoms with Gasteiger partial charge in [0.2, 0.25) is 0 Å². The molecule has 106 valence electrons. The second-order valence-corrected chi connectivity index (χ2v) is 6.33. The standard InChI is InChI=1S/C16H25BrN2/c1-4-12(3)19(5-2)15-9-6-13(16(17)10-15)11-18-14-7-8-14/h6,9-10,12,14,18H,4-5,7-8,11H2,1-3H3. The van der Waals surface area contributed by atoms with Gasteiger partial charge in [-0.1, -0.05) is 28.9 Å². The fourth-order valence-electron chi connectivity index (χ4n) is 2.37. The summed E-state index contributed by atoms with van der Waals surface area (Å²) in [5.41, 5.74) is 2.68. The molecule has 3 heteroatoms. The maximum Gasteiger partial charge on any atom is 0.0380 e. The second kappa shape index (κ2) is 6.76. The lowest BCUT2D eigenvalue weighted by atomic mass is 10.1. The Hall–Kier alpha value is -0.540. The van der Waals surface area contributed by atoms with Gasteiger partial charge in [0.1, 0.15) is 0 Å². The number of hydrogen-bond donors (Lipinski definition) is 1. The number of anilines is 1. The third-order valence-electron chi connectivity index (χ3n) is 3.99. The molecular weight excluding hydrogens is 300 g/mol. The van der Waals surface area contributed by atoms with Crippen molar-refractivity contribution in [1.82, 2.24) is 5.32 Å². The Morgan fingerprint density at radius 1 is 1.37 bits per heavy atom. The molecule has 1 unspecified atom stereocenters. The molecule has 1 aliphatic carbocycles. The molecule has 2 nitrogen and oxygen atoms in total. The van der Waals surface area contributed by atoms with E-state index in [4.69, 9.17) is 0 Å². The average Bonchev–Trinajstić information content (AvgIpc) is 3.22. The molecule has 1 aromatic rings. The van der Waals surface area contributed by atoms with Gasteiger partial charge in [0.05, 0.1) is 0 Å². The number of benzene rings is 1. The largest absolute Gasteiger partial charge is 0.369 e. The Labute approximate surface area is 125 Å². The second-order valence-electron chi connectivity index (χ2n) is 5.47. The summed E-state index contributed by atoms with van der Waals surface area (Å²) in [7, 11) is 0. The Bertz CT molecular complexity index is 415. The molecule has 1 aliphatic rings. The summed E-state index contributed by atoms with van der Waals surface area (Å²) < 4.78 is 1.22. The molecule has 1 saturated carbocycles. The molecule has 1 N–H and O–H groups in total. The molecule has 0 aromatic heterocycles. The number of halogens is 1. The molecule has 0 aliphatic heterocycles. The van der Waals surface area contributed by atoms with Crippen LogP contribution in [-0.2, 0) is 6.54 Å². The SMILES string of the molecule is CCC(C)N(CC)c1ccc(CNC2CC2)c(Br)c1. The molecule has 2 rings (SSSR count). The van der Waals surface area contributed by atoms with E-state index < -0.39 is 0 Å². The van der Waals surface area contributed by atoms with E-state index in [0.29, 0.717) is 6.04 Å². The zero-order chi connectivity index (χ0) is 13.8. The van der Waals surface area contributed by atoms with Gasteiger partial charge >= 0.3 is 0 Å². The van der Waals surface area contributed by atoms with Crippen molar-refractivity contribution in [3.63, 3.8) is 0 Å². The molecule has 0 spiro atoms. The maximum absolute atomic E-state index is 3.72. The van der Waals surface area contributed by atoms with Gasteiger partial charge in [-0.2, -0.15) is 0 Å². The maximum atomic E-state index is 3.72. The molecule has 1 atom stereocenters. The van der Waals surface area contributed by atoms with Gasteiger partial charge in [-0.3, -0.25) is 0 Å². The molecular formula is C16H25BrN2. The van der Waals surface area contributed by atoms with Crippen LogP contribution in [0.5, 0.6) is 0 Å². The minimum atomic E-state index is 0.590. The molecule has 0 saturated heterocycles. The molecule has 19 heavy (non-hydrogen) atoms. The van der Waals surface area contributed by atoms with Gasteiger partial charge in [0, 0.05) is 35.3 Å². The van der Waals surface area contributed by atoms with Crippen molar-refractivity contribution in [3.05, 3.63) is 28.2 Å². The normalized spacial score (nSPS) is 16.4. The van der Waals surface area contributed by atoms with Gasteiger partial charge in [0.25, 0.3) is 0 Å². The average molecular weight is 325 g/mol. The third-order valence-corrected chi connectivity index (χ3v) is 4.73. The van der Waals surface area contributed by atoms with E-state index in [2.05, 4.69) is 65.1 Å². The van der Waals surface area contributed by atoms with Crippen molar-refractivity contribution in [2.24, 2.45) is 0 Å². The van der Waals surface area contributed by atoms with Crippen LogP contribution in [0.3, 0.4) is 0 Å². The smallest absolute Gasteiger partial charge is 0.0380 e. The highest BCUT2D eigenvalue weighted by molar-refractivity contribution is 9.10. The summed E-state index contributed by atoms with van der Waals surface area (Å²) in [5, 5.41) is 3.57. The third kappa shape index (κ3) is 3.96. The summed E-state index contributed by atoms with van der Waals surface area (Å²) in [6.45, 7) is 8.79. The van der Waals surface area contributed by atoms with Crippen LogP contribution in [-0.4, -0.2) is 18.6 Å². The van der Waals surface area contributed by atoms with Crippen LogP contribution >= 0.6 is 15.9 Å². The zero-order valence-corrected chi connectivity index (χ0v) is 13.8. The van der Waals surface area contributed by atoms with E-state index in [-0.39, 0.29) is 0 Å². The minimum Gasteiger partial charge on any atom is -0.369 e. The van der Waals surface area contributed by atoms with Crippen LogP contribution in [0.2, 0.25) is 0 Å². The Kier molecular flexibility index (Phi) is 5.28. The van der Waals surface area contributed by atoms with Crippen LogP contribution in [0, 0.1) is 0 Å². The summed E-state index contributed by atoms with van der Waals surface area (Å²) in [6.07, 6.45) is 3.86. The quantitative estimate of drug-likeness (QED) is 0.803. The topological polar surface area (TPSA) is 15.3 Å². The molecule has 0 amide bonds. The number of nitrogens with zero attached hydrogens (tertiary/aromatic N) is 1. The van der Waals surface area contributed by atoms with Gasteiger partial charge < -0.3 is 10.2 Å². The first-order chi connectivity index (χ1) is 9.15. The highest BCUT2D eigenvalue weighted by atomic mass is 79.9. The van der Waals surface area contributed by atoms with Crippen LogP contribution in [0.1, 0.15) is 45.6 Å². The summed E-state index contributed by atoms with van der Waals surface area (Å²) in [5.74, 6) is 0. The van der Waals surface area contributed by atoms with E-state index in [1.165, 1.54) is 35.0 Å². The lowest BCUT2D eigenvalue weighted by molar-refractivity contribution is 0.629. The fourth-order valence-corrected chi connectivity index (χ4v) is 2.88. The lowest BCUT2D eigenvalue weighted by Gasteiger charge is -2.30. The minimum absolute atomic E-state index is 0.590. The number of hydrogen-bond acceptors (Lipinski definition) is 2. The van der Waals surface area contributed by atoms with E-state index in [1.54, 1.807) is 0 Å². The predicted molar refractivity (Wildman–Crippen MR) is 86.8 cm³/mol. The Morgan fingerprint density at radius 3 is 2.63 bits per heavy atom. The fraction of sp³-hybridized carbons (Fsp3) is 0.625. The van der Waals surface area contributed by atoms with Crippen molar-refractivity contribution in [3.8, 4) is 0 Å². The van der Waals surface area contributed by atoms with Crippen molar-refractivity contribution in [2.45, 2.75) is 58.7 Å². The zero-order valence-electron chi connectivity index (χ0n) is 12.2. The molecule has 1 aromatic carbocycles. The summed E-state index contributed by atoms with van der Waals surface area (Å²) in [4.78, 5) is 2.46. The van der Waals surface area contributed by atoms with Crippen molar-refractivity contribution in [1.29, 1.82) is 0 Å². The van der Waals surface area contributed by atoms with Crippen LogP contribution < -0.4 is 10.2 Å². The van der Waals surface area contributed by atoms with Crippen LogP contribution in [0.4, 0.5) is 5.69 Å². The summed E-state index contributed by atoms with van der Waals surface area (Å²) in [6, 6.07) is 8.12. The highest BCUT2D eigenvalue weighted by Gasteiger charge is 2.20. The first kappa shape index (κ1) is 14.9. The highest BCUT2D eigenvalue weighted by Crippen LogP contribution is 2.27. The number of nitrogens with one attached hydrogen (secondary N) is 1. The summed E-state index contributed by atoms with van der Waals surface area (Å²) >= 11 is 3.72. The van der Waals surface area contributed by atoms with Crippen LogP contribution in [0.25, 0.3) is 0 Å². The Balaban J connectivity index is 2.07. The molecule has 0 radical (unpaired) electrons. The van der Waals surface area contributed by atoms with Crippen molar-refractivity contribution < 1.29 is 0 Å². The van der Waals surface area contributed by atoms with Crippen molar-refractivity contribution in [2.75, 3.05) is 11.4 Å². The number of rotatable bonds is 7. The van der Waals surface area contributed by atoms with E-state index in [0.717, 1.165) is 19.1 Å². The van der Waals surface area contributed by atoms with Gasteiger partial charge in [0.15, 0.2) is 0 Å². The van der Waals surface area contributed by atoms with Crippen LogP contribution in [0.15, 0.2) is 22.7 Å².